The fourth-order valence-corrected chi connectivity index (χ4v) is 4.04. The smallest absolute Gasteiger partial charge is 0.228 e. The first-order valence-electron chi connectivity index (χ1n) is 9.42. The van der Waals surface area contributed by atoms with Crippen molar-refractivity contribution in [2.24, 2.45) is 0 Å². The Morgan fingerprint density at radius 2 is 1.79 bits per heavy atom. The van der Waals surface area contributed by atoms with Crippen LogP contribution in [0.2, 0.25) is 5.02 Å². The fraction of sp³-hybridized carbons (Fsp3) is 0.286. The topological polar surface area (TPSA) is 58.6 Å². The van der Waals surface area contributed by atoms with Gasteiger partial charge in [-0.15, -0.1) is 11.3 Å². The summed E-state index contributed by atoms with van der Waals surface area (Å²) in [5.41, 5.74) is 1.95. The largest absolute Gasteiger partial charge is 0.486 e. The minimum atomic E-state index is 0.120. The summed E-state index contributed by atoms with van der Waals surface area (Å²) in [6, 6.07) is 11.2. The lowest BCUT2D eigenvalue weighted by Crippen LogP contribution is -2.49. The van der Waals surface area contributed by atoms with Crippen LogP contribution in [-0.4, -0.2) is 47.0 Å². The molecule has 29 heavy (non-hydrogen) atoms. The number of anilines is 1. The van der Waals surface area contributed by atoms with Crippen molar-refractivity contribution in [3.05, 3.63) is 69.9 Å². The molecule has 1 aromatic carbocycles. The van der Waals surface area contributed by atoms with Gasteiger partial charge in [0.2, 0.25) is 5.91 Å². The molecule has 1 amide bonds. The number of amides is 1. The number of carbonyl (C=O) groups excluding carboxylic acids is 1. The van der Waals surface area contributed by atoms with Gasteiger partial charge in [0.05, 0.1) is 12.1 Å². The average Bonchev–Trinajstić information content (AvgIpc) is 3.21. The molecule has 8 heteroatoms. The molecule has 0 unspecified atom stereocenters. The predicted molar refractivity (Wildman–Crippen MR) is 115 cm³/mol. The third-order valence-corrected chi connectivity index (χ3v) is 5.89. The molecule has 1 saturated heterocycles. The van der Waals surface area contributed by atoms with Gasteiger partial charge < -0.3 is 14.5 Å². The Balaban J connectivity index is 1.25. The lowest BCUT2D eigenvalue weighted by molar-refractivity contribution is -0.130. The van der Waals surface area contributed by atoms with Crippen molar-refractivity contribution in [2.75, 3.05) is 31.1 Å². The Hall–Kier alpha value is -2.64. The van der Waals surface area contributed by atoms with Crippen LogP contribution in [0.25, 0.3) is 0 Å². The van der Waals surface area contributed by atoms with Crippen molar-refractivity contribution in [1.82, 2.24) is 14.9 Å². The molecule has 0 aliphatic carbocycles. The van der Waals surface area contributed by atoms with Crippen molar-refractivity contribution in [3.8, 4) is 5.75 Å². The number of carbonyl (C=O) groups is 1. The van der Waals surface area contributed by atoms with Crippen molar-refractivity contribution < 1.29 is 9.53 Å². The number of thiazole rings is 1. The van der Waals surface area contributed by atoms with E-state index in [1.165, 1.54) is 11.3 Å². The van der Waals surface area contributed by atoms with Gasteiger partial charge >= 0.3 is 0 Å². The Morgan fingerprint density at radius 3 is 2.52 bits per heavy atom. The van der Waals surface area contributed by atoms with E-state index in [1.54, 1.807) is 24.5 Å². The van der Waals surface area contributed by atoms with Gasteiger partial charge in [-0.2, -0.15) is 0 Å². The summed E-state index contributed by atoms with van der Waals surface area (Å²) < 4.78 is 5.72. The Labute approximate surface area is 178 Å². The van der Waals surface area contributed by atoms with Gasteiger partial charge in [0.15, 0.2) is 0 Å². The predicted octanol–water partition coefficient (Wildman–Crippen LogP) is 3.66. The number of benzene rings is 1. The second kappa shape index (κ2) is 9.24. The highest BCUT2D eigenvalue weighted by Crippen LogP contribution is 2.19. The maximum Gasteiger partial charge on any atom is 0.228 e. The van der Waals surface area contributed by atoms with Crippen molar-refractivity contribution >= 4 is 34.5 Å². The van der Waals surface area contributed by atoms with Crippen molar-refractivity contribution in [2.45, 2.75) is 13.0 Å². The molecule has 1 aliphatic heterocycles. The van der Waals surface area contributed by atoms with E-state index < -0.39 is 0 Å². The van der Waals surface area contributed by atoms with Gasteiger partial charge in [-0.1, -0.05) is 11.6 Å². The third-order valence-electron chi connectivity index (χ3n) is 4.77. The molecule has 4 rings (SSSR count). The average molecular weight is 429 g/mol. The highest BCUT2D eigenvalue weighted by Gasteiger charge is 2.22. The maximum atomic E-state index is 12.6. The minimum absolute atomic E-state index is 0.120. The number of hydrogen-bond acceptors (Lipinski definition) is 6. The van der Waals surface area contributed by atoms with Gasteiger partial charge in [-0.05, 0) is 36.4 Å². The molecule has 0 radical (unpaired) electrons. The third kappa shape index (κ3) is 5.25. The highest BCUT2D eigenvalue weighted by atomic mass is 35.5. The van der Waals surface area contributed by atoms with Gasteiger partial charge in [-0.25, -0.2) is 4.98 Å². The van der Waals surface area contributed by atoms with E-state index >= 15 is 0 Å². The summed E-state index contributed by atoms with van der Waals surface area (Å²) in [6.45, 7) is 3.47. The number of piperazine rings is 1. The van der Waals surface area contributed by atoms with E-state index in [4.69, 9.17) is 16.3 Å². The van der Waals surface area contributed by atoms with E-state index in [2.05, 4.69) is 14.9 Å². The van der Waals surface area contributed by atoms with E-state index in [-0.39, 0.29) is 5.91 Å². The Kier molecular flexibility index (Phi) is 6.27. The molecule has 3 aromatic rings. The molecule has 0 bridgehead atoms. The molecule has 0 spiro atoms. The van der Waals surface area contributed by atoms with Gasteiger partial charge in [0.25, 0.3) is 0 Å². The molecule has 6 nitrogen and oxygen atoms in total. The molecular weight excluding hydrogens is 408 g/mol. The molecule has 0 N–H and O–H groups in total. The molecular formula is C21H21ClN4O2S. The SMILES string of the molecule is O=C(Cc1csc(COc2ccc(Cl)cc2)n1)N1CCN(c2ccncc2)CC1. The van der Waals surface area contributed by atoms with Crippen LogP contribution in [0.4, 0.5) is 5.69 Å². The summed E-state index contributed by atoms with van der Waals surface area (Å²) in [7, 11) is 0. The second-order valence-corrected chi connectivity index (χ2v) is 8.10. The normalized spacial score (nSPS) is 14.1. The zero-order valence-electron chi connectivity index (χ0n) is 15.8. The first-order valence-corrected chi connectivity index (χ1v) is 10.7. The van der Waals surface area contributed by atoms with Crippen LogP contribution >= 0.6 is 22.9 Å². The number of halogens is 1. The van der Waals surface area contributed by atoms with Crippen LogP contribution in [0.1, 0.15) is 10.7 Å². The highest BCUT2D eigenvalue weighted by molar-refractivity contribution is 7.09. The zero-order chi connectivity index (χ0) is 20.1. The Bertz CT molecular complexity index is 941. The van der Waals surface area contributed by atoms with Crippen LogP contribution < -0.4 is 9.64 Å². The number of hydrogen-bond donors (Lipinski definition) is 0. The summed E-state index contributed by atoms with van der Waals surface area (Å²) in [4.78, 5) is 25.4. The summed E-state index contributed by atoms with van der Waals surface area (Å²) in [5.74, 6) is 0.865. The number of pyridine rings is 1. The van der Waals surface area contributed by atoms with Crippen LogP contribution in [0, 0.1) is 0 Å². The molecule has 1 fully saturated rings. The van der Waals surface area contributed by atoms with Gasteiger partial charge in [0.1, 0.15) is 17.4 Å². The minimum Gasteiger partial charge on any atom is -0.486 e. The van der Waals surface area contributed by atoms with Gasteiger partial charge in [0, 0.05) is 54.7 Å². The van der Waals surface area contributed by atoms with E-state index in [0.717, 1.165) is 48.3 Å². The molecule has 1 aliphatic rings. The first kappa shape index (κ1) is 19.7. The monoisotopic (exact) mass is 428 g/mol. The van der Waals surface area contributed by atoms with E-state index in [9.17, 15) is 4.79 Å². The summed E-state index contributed by atoms with van der Waals surface area (Å²) in [5, 5.41) is 3.46. The number of rotatable bonds is 6. The molecule has 3 heterocycles. The second-order valence-electron chi connectivity index (χ2n) is 6.73. The number of aromatic nitrogens is 2. The van der Waals surface area contributed by atoms with Crippen LogP contribution in [-0.2, 0) is 17.8 Å². The van der Waals surface area contributed by atoms with Crippen molar-refractivity contribution in [3.63, 3.8) is 0 Å². The molecule has 2 aromatic heterocycles. The summed E-state index contributed by atoms with van der Waals surface area (Å²) in [6.07, 6.45) is 3.92. The van der Waals surface area contributed by atoms with Crippen LogP contribution in [0.3, 0.4) is 0 Å². The van der Waals surface area contributed by atoms with Gasteiger partial charge in [-0.3, -0.25) is 9.78 Å². The fourth-order valence-electron chi connectivity index (χ4n) is 3.21. The van der Waals surface area contributed by atoms with Crippen molar-refractivity contribution in [1.29, 1.82) is 0 Å². The van der Waals surface area contributed by atoms with Crippen LogP contribution in [0.5, 0.6) is 5.75 Å². The molecule has 0 saturated carbocycles. The summed E-state index contributed by atoms with van der Waals surface area (Å²) >= 11 is 7.39. The number of nitrogens with zero attached hydrogens (tertiary/aromatic N) is 4. The lowest BCUT2D eigenvalue weighted by Gasteiger charge is -2.36. The molecule has 150 valence electrons. The first-order chi connectivity index (χ1) is 14.2. The standard InChI is InChI=1S/C21H21ClN4O2S/c22-16-1-3-19(4-2-16)28-14-20-24-17(15-29-20)13-21(27)26-11-9-25(10-12-26)18-5-7-23-8-6-18/h1-8,15H,9-14H2. The quantitative estimate of drug-likeness (QED) is 0.599. The molecule has 0 atom stereocenters. The number of ether oxygens (including phenoxy) is 1. The lowest BCUT2D eigenvalue weighted by atomic mass is 10.2. The van der Waals surface area contributed by atoms with E-state index in [0.29, 0.717) is 18.1 Å². The Morgan fingerprint density at radius 1 is 1.07 bits per heavy atom. The zero-order valence-corrected chi connectivity index (χ0v) is 17.4. The van der Waals surface area contributed by atoms with E-state index in [1.807, 2.05) is 34.5 Å². The van der Waals surface area contributed by atoms with Crippen LogP contribution in [0.15, 0.2) is 54.2 Å². The maximum absolute atomic E-state index is 12.6.